The topological polar surface area (TPSA) is 66.8 Å². The minimum Gasteiger partial charge on any atom is -0.481 e. The summed E-state index contributed by atoms with van der Waals surface area (Å²) >= 11 is 0. The highest BCUT2D eigenvalue weighted by Gasteiger charge is 2.21. The molecular weight excluding hydrogens is 294 g/mol. The monoisotopic (exact) mass is 329 g/mol. The molecule has 0 aromatic rings. The second kappa shape index (κ2) is 12.2. The summed E-state index contributed by atoms with van der Waals surface area (Å²) in [5.74, 6) is -0.829. The molecule has 1 amide bonds. The molecule has 5 heteroatoms. The minimum absolute atomic E-state index is 0.0797. The molecule has 0 aromatic heterocycles. The van der Waals surface area contributed by atoms with E-state index in [-0.39, 0.29) is 12.5 Å². The van der Waals surface area contributed by atoms with Crippen LogP contribution in [-0.2, 0) is 9.53 Å². The third kappa shape index (κ3) is 14.1. The molecule has 0 unspecified atom stereocenters. The summed E-state index contributed by atoms with van der Waals surface area (Å²) in [4.78, 5) is 24.5. The van der Waals surface area contributed by atoms with Crippen molar-refractivity contribution in [3.05, 3.63) is 0 Å². The molecule has 0 aliphatic rings. The van der Waals surface area contributed by atoms with Crippen LogP contribution >= 0.6 is 0 Å². The number of carboxylic acid groups (broad SMARTS) is 1. The average molecular weight is 329 g/mol. The number of hydrogen-bond acceptors (Lipinski definition) is 3. The van der Waals surface area contributed by atoms with Gasteiger partial charge in [0.15, 0.2) is 0 Å². The predicted octanol–water partition coefficient (Wildman–Crippen LogP) is 4.84. The zero-order chi connectivity index (χ0) is 17.7. The van der Waals surface area contributed by atoms with E-state index in [2.05, 4.69) is 6.92 Å². The van der Waals surface area contributed by atoms with E-state index in [0.717, 1.165) is 12.8 Å². The number of carbonyl (C=O) groups excluding carboxylic acids is 1. The third-order valence-electron chi connectivity index (χ3n) is 3.50. The highest BCUT2D eigenvalue weighted by molar-refractivity contribution is 5.68. The van der Waals surface area contributed by atoms with Crippen LogP contribution in [0.1, 0.15) is 85.5 Å². The number of hydrogen-bond donors (Lipinski definition) is 1. The molecule has 0 aliphatic heterocycles. The van der Waals surface area contributed by atoms with Gasteiger partial charge in [-0.3, -0.25) is 4.79 Å². The zero-order valence-corrected chi connectivity index (χ0v) is 15.4. The van der Waals surface area contributed by atoms with E-state index in [1.54, 1.807) is 4.90 Å². The second-order valence-electron chi connectivity index (χ2n) is 7.09. The van der Waals surface area contributed by atoms with E-state index in [0.29, 0.717) is 19.5 Å². The van der Waals surface area contributed by atoms with Gasteiger partial charge in [0.2, 0.25) is 0 Å². The van der Waals surface area contributed by atoms with Crippen LogP contribution in [0.25, 0.3) is 0 Å². The standard InChI is InChI=1S/C18H35NO4/c1-5-6-7-8-9-10-11-14-19(15-12-13-16(20)21)17(22)23-18(2,3)4/h5-15H2,1-4H3,(H,20,21). The first-order chi connectivity index (χ1) is 10.8. The van der Waals surface area contributed by atoms with Gasteiger partial charge in [-0.2, -0.15) is 0 Å². The van der Waals surface area contributed by atoms with Gasteiger partial charge in [-0.15, -0.1) is 0 Å². The summed E-state index contributed by atoms with van der Waals surface area (Å²) < 4.78 is 5.41. The number of amides is 1. The Morgan fingerprint density at radius 1 is 0.913 bits per heavy atom. The first-order valence-corrected chi connectivity index (χ1v) is 8.96. The van der Waals surface area contributed by atoms with E-state index >= 15 is 0 Å². The van der Waals surface area contributed by atoms with Crippen LogP contribution < -0.4 is 0 Å². The Hall–Kier alpha value is -1.26. The summed E-state index contributed by atoms with van der Waals surface area (Å²) in [6, 6.07) is 0. The van der Waals surface area contributed by atoms with E-state index < -0.39 is 11.6 Å². The molecule has 0 heterocycles. The van der Waals surface area contributed by atoms with E-state index in [4.69, 9.17) is 9.84 Å². The largest absolute Gasteiger partial charge is 0.481 e. The molecule has 0 bridgehead atoms. The maximum atomic E-state index is 12.2. The van der Waals surface area contributed by atoms with Crippen molar-refractivity contribution in [3.8, 4) is 0 Å². The lowest BCUT2D eigenvalue weighted by atomic mass is 10.1. The van der Waals surface area contributed by atoms with E-state index in [1.807, 2.05) is 20.8 Å². The molecule has 0 rings (SSSR count). The van der Waals surface area contributed by atoms with Crippen molar-refractivity contribution in [2.24, 2.45) is 0 Å². The zero-order valence-electron chi connectivity index (χ0n) is 15.4. The summed E-state index contributed by atoms with van der Waals surface area (Å²) in [6.07, 6.45) is 8.51. The summed E-state index contributed by atoms with van der Waals surface area (Å²) in [5, 5.41) is 8.73. The van der Waals surface area contributed by atoms with Crippen molar-refractivity contribution < 1.29 is 19.4 Å². The lowest BCUT2D eigenvalue weighted by Crippen LogP contribution is -2.38. The number of nitrogens with zero attached hydrogens (tertiary/aromatic N) is 1. The van der Waals surface area contributed by atoms with Gasteiger partial charge in [0.25, 0.3) is 0 Å². The molecular formula is C18H35NO4. The van der Waals surface area contributed by atoms with Gasteiger partial charge in [0, 0.05) is 19.5 Å². The van der Waals surface area contributed by atoms with Crippen LogP contribution in [0, 0.1) is 0 Å². The van der Waals surface area contributed by atoms with Gasteiger partial charge in [-0.05, 0) is 33.6 Å². The van der Waals surface area contributed by atoms with Crippen molar-refractivity contribution >= 4 is 12.1 Å². The Balaban J connectivity index is 4.15. The second-order valence-corrected chi connectivity index (χ2v) is 7.09. The molecule has 0 saturated carbocycles. The Bertz CT molecular complexity index is 336. The van der Waals surface area contributed by atoms with Crippen LogP contribution in [0.5, 0.6) is 0 Å². The van der Waals surface area contributed by atoms with Crippen molar-refractivity contribution in [2.75, 3.05) is 13.1 Å². The molecule has 0 aromatic carbocycles. The van der Waals surface area contributed by atoms with E-state index in [9.17, 15) is 9.59 Å². The average Bonchev–Trinajstić information content (AvgIpc) is 2.42. The lowest BCUT2D eigenvalue weighted by Gasteiger charge is -2.27. The maximum absolute atomic E-state index is 12.2. The van der Waals surface area contributed by atoms with Crippen LogP contribution in [0.4, 0.5) is 4.79 Å². The van der Waals surface area contributed by atoms with Crippen molar-refractivity contribution in [1.29, 1.82) is 0 Å². The SMILES string of the molecule is CCCCCCCCCN(CCCC(=O)O)C(=O)OC(C)(C)C. The first-order valence-electron chi connectivity index (χ1n) is 8.96. The third-order valence-corrected chi connectivity index (χ3v) is 3.50. The number of carboxylic acids is 1. The molecule has 0 radical (unpaired) electrons. The molecule has 1 N–H and O–H groups in total. The van der Waals surface area contributed by atoms with Crippen molar-refractivity contribution in [2.45, 2.75) is 91.1 Å². The Morgan fingerprint density at radius 2 is 1.43 bits per heavy atom. The van der Waals surface area contributed by atoms with Gasteiger partial charge in [0.1, 0.15) is 5.60 Å². The molecule has 0 atom stereocenters. The fourth-order valence-corrected chi connectivity index (χ4v) is 2.30. The normalized spacial score (nSPS) is 11.3. The number of unbranched alkanes of at least 4 members (excludes halogenated alkanes) is 6. The first kappa shape index (κ1) is 21.7. The van der Waals surface area contributed by atoms with Gasteiger partial charge in [-0.1, -0.05) is 45.4 Å². The smallest absolute Gasteiger partial charge is 0.410 e. The Morgan fingerprint density at radius 3 is 1.96 bits per heavy atom. The summed E-state index contributed by atoms with van der Waals surface area (Å²) in [7, 11) is 0. The van der Waals surface area contributed by atoms with Gasteiger partial charge >= 0.3 is 12.1 Å². The van der Waals surface area contributed by atoms with Crippen molar-refractivity contribution in [1.82, 2.24) is 4.90 Å². The molecule has 23 heavy (non-hydrogen) atoms. The fraction of sp³-hybridized carbons (Fsp3) is 0.889. The number of ether oxygens (including phenoxy) is 1. The number of carbonyl (C=O) groups is 2. The van der Waals surface area contributed by atoms with Gasteiger partial charge < -0.3 is 14.7 Å². The van der Waals surface area contributed by atoms with Crippen molar-refractivity contribution in [3.63, 3.8) is 0 Å². The molecule has 0 aliphatic carbocycles. The molecule has 0 saturated heterocycles. The van der Waals surface area contributed by atoms with Crippen LogP contribution in [-0.4, -0.2) is 40.8 Å². The van der Waals surface area contributed by atoms with Gasteiger partial charge in [0.05, 0.1) is 0 Å². The molecule has 0 spiro atoms. The quantitative estimate of drug-likeness (QED) is 0.520. The van der Waals surface area contributed by atoms with Gasteiger partial charge in [-0.25, -0.2) is 4.79 Å². The minimum atomic E-state index is -0.829. The van der Waals surface area contributed by atoms with Crippen LogP contribution in [0.3, 0.4) is 0 Å². The Kier molecular flexibility index (Phi) is 11.5. The summed E-state index contributed by atoms with van der Waals surface area (Å²) in [5.41, 5.74) is -0.526. The number of rotatable bonds is 12. The lowest BCUT2D eigenvalue weighted by molar-refractivity contribution is -0.137. The Labute approximate surface area is 141 Å². The van der Waals surface area contributed by atoms with E-state index in [1.165, 1.54) is 32.1 Å². The number of aliphatic carboxylic acids is 1. The molecule has 5 nitrogen and oxygen atoms in total. The fourth-order valence-electron chi connectivity index (χ4n) is 2.30. The maximum Gasteiger partial charge on any atom is 0.410 e. The van der Waals surface area contributed by atoms with Crippen LogP contribution in [0.15, 0.2) is 0 Å². The molecule has 0 fully saturated rings. The highest BCUT2D eigenvalue weighted by atomic mass is 16.6. The van der Waals surface area contributed by atoms with Crippen LogP contribution in [0.2, 0.25) is 0 Å². The summed E-state index contributed by atoms with van der Waals surface area (Å²) in [6.45, 7) is 8.81. The predicted molar refractivity (Wildman–Crippen MR) is 92.7 cm³/mol. The molecule has 136 valence electrons. The highest BCUT2D eigenvalue weighted by Crippen LogP contribution is 2.13.